The molecule has 0 radical (unpaired) electrons. The Balaban J connectivity index is 1.88. The third kappa shape index (κ3) is 3.13. The summed E-state index contributed by atoms with van der Waals surface area (Å²) in [6.07, 6.45) is 4.41. The Hall–Kier alpha value is -1.82. The number of carbonyl (C=O) groups is 1. The minimum Gasteiger partial charge on any atom is -0.451 e. The maximum absolute atomic E-state index is 12.7. The average Bonchev–Trinajstić information content (AvgIpc) is 2.96. The van der Waals surface area contributed by atoms with Crippen LogP contribution < -0.4 is 0 Å². The molecule has 0 aliphatic heterocycles. The fourth-order valence-electron chi connectivity index (χ4n) is 3.43. The van der Waals surface area contributed by atoms with E-state index in [4.69, 9.17) is 4.42 Å². The van der Waals surface area contributed by atoms with Gasteiger partial charge in [-0.3, -0.25) is 4.79 Å². The second kappa shape index (κ2) is 6.00. The number of furan rings is 1. The fraction of sp³-hybridized carbons (Fsp3) is 0.471. The quantitative estimate of drug-likeness (QED) is 0.865. The van der Waals surface area contributed by atoms with Gasteiger partial charge in [0.15, 0.2) is 15.6 Å². The van der Waals surface area contributed by atoms with Crippen molar-refractivity contribution in [3.8, 4) is 0 Å². The van der Waals surface area contributed by atoms with Crippen molar-refractivity contribution < 1.29 is 17.6 Å². The molecule has 1 aromatic carbocycles. The minimum absolute atomic E-state index is 0.256. The molecule has 1 saturated carbocycles. The molecule has 5 nitrogen and oxygen atoms in total. The van der Waals surface area contributed by atoms with Gasteiger partial charge in [0.25, 0.3) is 5.91 Å². The van der Waals surface area contributed by atoms with Crippen LogP contribution in [0.1, 0.15) is 36.2 Å². The van der Waals surface area contributed by atoms with Gasteiger partial charge in [0, 0.05) is 24.7 Å². The highest BCUT2D eigenvalue weighted by molar-refractivity contribution is 7.91. The van der Waals surface area contributed by atoms with Crippen LogP contribution in [0.2, 0.25) is 0 Å². The number of hydrogen-bond donors (Lipinski definition) is 0. The molecule has 1 aliphatic rings. The first-order chi connectivity index (χ1) is 10.9. The van der Waals surface area contributed by atoms with Crippen molar-refractivity contribution in [1.29, 1.82) is 0 Å². The lowest BCUT2D eigenvalue weighted by Gasteiger charge is -2.36. The lowest BCUT2D eigenvalue weighted by Crippen LogP contribution is -2.49. The maximum Gasteiger partial charge on any atom is 0.289 e. The van der Waals surface area contributed by atoms with Crippen molar-refractivity contribution in [3.63, 3.8) is 0 Å². The number of para-hydroxylation sites is 1. The average molecular weight is 335 g/mol. The topological polar surface area (TPSA) is 67.6 Å². The smallest absolute Gasteiger partial charge is 0.289 e. The van der Waals surface area contributed by atoms with Gasteiger partial charge in [-0.25, -0.2) is 8.42 Å². The van der Waals surface area contributed by atoms with E-state index >= 15 is 0 Å². The fourth-order valence-corrected chi connectivity index (χ4v) is 4.92. The van der Waals surface area contributed by atoms with E-state index in [0.29, 0.717) is 18.4 Å². The highest BCUT2D eigenvalue weighted by Crippen LogP contribution is 2.29. The first kappa shape index (κ1) is 16.1. The molecule has 1 aromatic heterocycles. The van der Waals surface area contributed by atoms with E-state index in [0.717, 1.165) is 18.2 Å². The third-order valence-electron chi connectivity index (χ3n) is 4.67. The molecule has 124 valence electrons. The van der Waals surface area contributed by atoms with Crippen molar-refractivity contribution >= 4 is 26.7 Å². The first-order valence-electron chi connectivity index (χ1n) is 7.82. The van der Waals surface area contributed by atoms with Gasteiger partial charge in [0.05, 0.1) is 5.25 Å². The summed E-state index contributed by atoms with van der Waals surface area (Å²) < 4.78 is 29.7. The maximum atomic E-state index is 12.7. The summed E-state index contributed by atoms with van der Waals surface area (Å²) in [5, 5.41) is 0.377. The molecular weight excluding hydrogens is 314 g/mol. The van der Waals surface area contributed by atoms with Gasteiger partial charge in [-0.2, -0.15) is 0 Å². The Labute approximate surface area is 136 Å². The molecule has 6 heteroatoms. The van der Waals surface area contributed by atoms with Crippen LogP contribution in [-0.4, -0.2) is 43.8 Å². The number of rotatable bonds is 3. The first-order valence-corrected chi connectivity index (χ1v) is 9.78. The van der Waals surface area contributed by atoms with E-state index in [1.807, 2.05) is 24.3 Å². The molecule has 1 aliphatic carbocycles. The predicted octanol–water partition coefficient (Wildman–Crippen LogP) is 2.86. The summed E-state index contributed by atoms with van der Waals surface area (Å²) in [6, 6.07) is 8.86. The Morgan fingerprint density at radius 1 is 1.22 bits per heavy atom. The zero-order valence-corrected chi connectivity index (χ0v) is 14.2. The summed E-state index contributed by atoms with van der Waals surface area (Å²) in [5.74, 6) is -0.00623. The van der Waals surface area contributed by atoms with E-state index in [2.05, 4.69) is 0 Å². The highest BCUT2D eigenvalue weighted by Gasteiger charge is 2.37. The second-order valence-corrected chi connectivity index (χ2v) is 8.55. The number of carbonyl (C=O) groups excluding carboxylic acids is 1. The van der Waals surface area contributed by atoms with Crippen LogP contribution >= 0.6 is 0 Å². The molecule has 2 aromatic rings. The van der Waals surface area contributed by atoms with Gasteiger partial charge in [-0.05, 0) is 25.0 Å². The molecule has 1 amide bonds. The van der Waals surface area contributed by atoms with Crippen LogP contribution in [0.15, 0.2) is 34.7 Å². The monoisotopic (exact) mass is 335 g/mol. The Kier molecular flexibility index (Phi) is 4.19. The SMILES string of the molecule is CN(C(=O)c1cc2ccccc2o1)[C@@H]1CCCC[C@H]1S(C)(=O)=O. The zero-order valence-electron chi connectivity index (χ0n) is 13.4. The van der Waals surface area contributed by atoms with Gasteiger partial charge in [-0.15, -0.1) is 0 Å². The van der Waals surface area contributed by atoms with Crippen LogP contribution in [0.3, 0.4) is 0 Å². The molecule has 0 saturated heterocycles. The molecule has 3 rings (SSSR count). The zero-order chi connectivity index (χ0) is 16.6. The standard InChI is InChI=1S/C17H21NO4S/c1-18(13-8-4-6-10-16(13)23(2,20)21)17(19)15-11-12-7-3-5-9-14(12)22-15/h3,5,7,9,11,13,16H,4,6,8,10H2,1-2H3/t13-,16-/m1/s1. The highest BCUT2D eigenvalue weighted by atomic mass is 32.2. The normalized spacial score (nSPS) is 22.2. The van der Waals surface area contributed by atoms with Crippen molar-refractivity contribution in [2.45, 2.75) is 37.0 Å². The van der Waals surface area contributed by atoms with E-state index in [9.17, 15) is 13.2 Å². The van der Waals surface area contributed by atoms with E-state index < -0.39 is 15.1 Å². The largest absolute Gasteiger partial charge is 0.451 e. The number of fused-ring (bicyclic) bond motifs is 1. The molecule has 0 spiro atoms. The summed E-state index contributed by atoms with van der Waals surface area (Å²) >= 11 is 0. The lowest BCUT2D eigenvalue weighted by atomic mass is 9.93. The number of benzene rings is 1. The molecule has 0 N–H and O–H groups in total. The van der Waals surface area contributed by atoms with Crippen LogP contribution in [0, 0.1) is 0 Å². The predicted molar refractivity (Wildman–Crippen MR) is 89.2 cm³/mol. The summed E-state index contributed by atoms with van der Waals surface area (Å²) in [5.41, 5.74) is 0.660. The third-order valence-corrected chi connectivity index (χ3v) is 6.32. The van der Waals surface area contributed by atoms with Gasteiger partial charge < -0.3 is 9.32 Å². The van der Waals surface area contributed by atoms with Crippen molar-refractivity contribution in [3.05, 3.63) is 36.1 Å². The molecular formula is C17H21NO4S. The van der Waals surface area contributed by atoms with E-state index in [-0.39, 0.29) is 17.7 Å². The summed E-state index contributed by atoms with van der Waals surface area (Å²) in [7, 11) is -1.51. The van der Waals surface area contributed by atoms with Gasteiger partial charge in [-0.1, -0.05) is 31.0 Å². The van der Waals surface area contributed by atoms with Crippen LogP contribution in [-0.2, 0) is 9.84 Å². The minimum atomic E-state index is -3.18. The summed E-state index contributed by atoms with van der Waals surface area (Å²) in [4.78, 5) is 14.3. The number of amides is 1. The Bertz CT molecular complexity index is 791. The molecule has 1 heterocycles. The van der Waals surface area contributed by atoms with Gasteiger partial charge in [0.2, 0.25) is 0 Å². The van der Waals surface area contributed by atoms with Crippen LogP contribution in [0.25, 0.3) is 11.0 Å². The van der Waals surface area contributed by atoms with Gasteiger partial charge >= 0.3 is 0 Å². The molecule has 23 heavy (non-hydrogen) atoms. The number of nitrogens with zero attached hydrogens (tertiary/aromatic N) is 1. The summed E-state index contributed by atoms with van der Waals surface area (Å²) in [6.45, 7) is 0. The molecule has 0 unspecified atom stereocenters. The van der Waals surface area contributed by atoms with Crippen molar-refractivity contribution in [2.24, 2.45) is 0 Å². The van der Waals surface area contributed by atoms with E-state index in [1.165, 1.54) is 6.26 Å². The number of hydrogen-bond acceptors (Lipinski definition) is 4. The van der Waals surface area contributed by atoms with Crippen molar-refractivity contribution in [1.82, 2.24) is 4.90 Å². The van der Waals surface area contributed by atoms with E-state index in [1.54, 1.807) is 18.0 Å². The van der Waals surface area contributed by atoms with Crippen LogP contribution in [0.4, 0.5) is 0 Å². The molecule has 2 atom stereocenters. The Morgan fingerprint density at radius 3 is 2.61 bits per heavy atom. The second-order valence-electron chi connectivity index (χ2n) is 6.28. The number of sulfone groups is 1. The molecule has 1 fully saturated rings. The Morgan fingerprint density at radius 2 is 1.91 bits per heavy atom. The molecule has 0 bridgehead atoms. The van der Waals surface area contributed by atoms with Crippen molar-refractivity contribution in [2.75, 3.05) is 13.3 Å². The van der Waals surface area contributed by atoms with Crippen LogP contribution in [0.5, 0.6) is 0 Å². The van der Waals surface area contributed by atoms with Gasteiger partial charge in [0.1, 0.15) is 5.58 Å². The lowest BCUT2D eigenvalue weighted by molar-refractivity contribution is 0.0670.